The maximum Gasteiger partial charge on any atom is 0.330 e. The molecule has 0 fully saturated rings. The number of benzene rings is 1. The van der Waals surface area contributed by atoms with Crippen LogP contribution in [0.15, 0.2) is 44.5 Å². The summed E-state index contributed by atoms with van der Waals surface area (Å²) >= 11 is 3.51. The fourth-order valence-electron chi connectivity index (χ4n) is 3.24. The zero-order valence-corrected chi connectivity index (χ0v) is 16.3. The number of halogens is 1. The molecule has 0 unspecified atom stereocenters. The van der Waals surface area contributed by atoms with Gasteiger partial charge in [-0.15, -0.1) is 0 Å². The van der Waals surface area contributed by atoms with E-state index in [1.807, 2.05) is 30.5 Å². The molecule has 6 heteroatoms. The third kappa shape index (κ3) is 3.11. The fourth-order valence-corrected chi connectivity index (χ4v) is 3.64. The lowest BCUT2D eigenvalue weighted by atomic mass is 10.1. The van der Waals surface area contributed by atoms with Crippen LogP contribution in [-0.2, 0) is 20.6 Å². The Morgan fingerprint density at radius 2 is 1.84 bits per heavy atom. The summed E-state index contributed by atoms with van der Waals surface area (Å²) in [5.41, 5.74) is 1.98. The van der Waals surface area contributed by atoms with Crippen LogP contribution in [-0.4, -0.2) is 13.7 Å². The number of rotatable bonds is 5. The molecule has 0 saturated heterocycles. The molecule has 132 valence electrons. The Kier molecular flexibility index (Phi) is 4.99. The van der Waals surface area contributed by atoms with Gasteiger partial charge in [-0.25, -0.2) is 4.79 Å². The molecular formula is C19H22BrN3O2. The van der Waals surface area contributed by atoms with Gasteiger partial charge in [0.2, 0.25) is 0 Å². The van der Waals surface area contributed by atoms with Gasteiger partial charge < -0.3 is 4.57 Å². The van der Waals surface area contributed by atoms with Crippen LogP contribution in [0, 0.1) is 0 Å². The van der Waals surface area contributed by atoms with Gasteiger partial charge in [0.15, 0.2) is 0 Å². The van der Waals surface area contributed by atoms with Crippen LogP contribution < -0.4 is 11.2 Å². The number of hydrogen-bond donors (Lipinski definition) is 0. The lowest BCUT2D eigenvalue weighted by Gasteiger charge is -2.10. The lowest BCUT2D eigenvalue weighted by Crippen LogP contribution is -2.36. The van der Waals surface area contributed by atoms with Crippen molar-refractivity contribution >= 4 is 26.8 Å². The van der Waals surface area contributed by atoms with E-state index in [1.54, 1.807) is 11.6 Å². The third-order valence-electron chi connectivity index (χ3n) is 4.61. The first-order valence-electron chi connectivity index (χ1n) is 8.50. The van der Waals surface area contributed by atoms with Gasteiger partial charge in [0.1, 0.15) is 0 Å². The van der Waals surface area contributed by atoms with Crippen molar-refractivity contribution in [2.45, 2.75) is 32.7 Å². The molecule has 0 aliphatic rings. The van der Waals surface area contributed by atoms with E-state index in [1.165, 1.54) is 11.6 Å². The van der Waals surface area contributed by atoms with Gasteiger partial charge in [0.25, 0.3) is 5.56 Å². The standard InChI is InChI=1S/C19H22BrN3O2/c1-4-5-6-10-23-12-15-16(18(24)22(3)19(25)21(15)2)17(23)13-8-7-9-14(20)11-13/h7-9,11-12H,4-6,10H2,1-3H3. The molecule has 5 nitrogen and oxygen atoms in total. The fraction of sp³-hybridized carbons (Fsp3) is 0.368. The highest BCUT2D eigenvalue weighted by atomic mass is 79.9. The molecule has 0 amide bonds. The maximum absolute atomic E-state index is 12.8. The van der Waals surface area contributed by atoms with Crippen LogP contribution in [0.4, 0.5) is 0 Å². The highest BCUT2D eigenvalue weighted by molar-refractivity contribution is 9.10. The summed E-state index contributed by atoms with van der Waals surface area (Å²) in [6.45, 7) is 2.99. The zero-order chi connectivity index (χ0) is 18.1. The summed E-state index contributed by atoms with van der Waals surface area (Å²) in [5, 5.41) is 0.596. The quantitative estimate of drug-likeness (QED) is 0.610. The number of hydrogen-bond acceptors (Lipinski definition) is 2. The summed E-state index contributed by atoms with van der Waals surface area (Å²) in [6.07, 6.45) is 5.23. The summed E-state index contributed by atoms with van der Waals surface area (Å²) in [7, 11) is 3.24. The van der Waals surface area contributed by atoms with Crippen LogP contribution in [0.5, 0.6) is 0 Å². The third-order valence-corrected chi connectivity index (χ3v) is 5.11. The Hall–Kier alpha value is -2.08. The molecule has 0 bridgehead atoms. The Bertz CT molecular complexity index is 1040. The Morgan fingerprint density at radius 1 is 1.08 bits per heavy atom. The molecule has 0 radical (unpaired) electrons. The predicted octanol–water partition coefficient (Wildman–Crippen LogP) is 3.66. The zero-order valence-electron chi connectivity index (χ0n) is 14.8. The molecule has 0 aliphatic heterocycles. The van der Waals surface area contributed by atoms with Crippen molar-refractivity contribution < 1.29 is 0 Å². The topological polar surface area (TPSA) is 48.9 Å². The lowest BCUT2D eigenvalue weighted by molar-refractivity contribution is 0.609. The van der Waals surface area contributed by atoms with Crippen LogP contribution in [0.3, 0.4) is 0 Å². The molecule has 0 spiro atoms. The second-order valence-electron chi connectivity index (χ2n) is 6.35. The van der Waals surface area contributed by atoms with Crippen molar-refractivity contribution in [2.24, 2.45) is 14.1 Å². The number of aromatic nitrogens is 3. The van der Waals surface area contributed by atoms with E-state index < -0.39 is 0 Å². The van der Waals surface area contributed by atoms with Crippen molar-refractivity contribution in [3.8, 4) is 11.3 Å². The summed E-state index contributed by atoms with van der Waals surface area (Å²) < 4.78 is 5.80. The van der Waals surface area contributed by atoms with Crippen molar-refractivity contribution in [1.82, 2.24) is 13.7 Å². The van der Waals surface area contributed by atoms with E-state index in [4.69, 9.17) is 0 Å². The highest BCUT2D eigenvalue weighted by Crippen LogP contribution is 2.30. The summed E-state index contributed by atoms with van der Waals surface area (Å²) in [4.78, 5) is 25.1. The molecule has 25 heavy (non-hydrogen) atoms. The minimum atomic E-state index is -0.302. The van der Waals surface area contributed by atoms with E-state index in [9.17, 15) is 9.59 Å². The van der Waals surface area contributed by atoms with Gasteiger partial charge in [0.05, 0.1) is 16.6 Å². The van der Waals surface area contributed by atoms with Crippen LogP contribution in [0.2, 0.25) is 0 Å². The molecule has 0 saturated carbocycles. The summed E-state index contributed by atoms with van der Waals surface area (Å²) in [6, 6.07) is 7.93. The van der Waals surface area contributed by atoms with E-state index in [0.29, 0.717) is 10.9 Å². The van der Waals surface area contributed by atoms with Crippen LogP contribution in [0.25, 0.3) is 22.2 Å². The van der Waals surface area contributed by atoms with Crippen molar-refractivity contribution in [3.05, 3.63) is 55.8 Å². The number of aryl methyl sites for hydroxylation is 2. The van der Waals surface area contributed by atoms with Gasteiger partial charge in [-0.1, -0.05) is 47.8 Å². The van der Waals surface area contributed by atoms with Crippen LogP contribution in [0.1, 0.15) is 26.2 Å². The molecule has 3 rings (SSSR count). The molecule has 0 aliphatic carbocycles. The largest absolute Gasteiger partial charge is 0.345 e. The first-order valence-corrected chi connectivity index (χ1v) is 9.29. The van der Waals surface area contributed by atoms with Gasteiger partial charge in [-0.2, -0.15) is 0 Å². The Balaban J connectivity index is 2.36. The van der Waals surface area contributed by atoms with Crippen LogP contribution >= 0.6 is 15.9 Å². The maximum atomic E-state index is 12.8. The normalized spacial score (nSPS) is 11.4. The van der Waals surface area contributed by atoms with Crippen molar-refractivity contribution in [3.63, 3.8) is 0 Å². The molecule has 3 aromatic rings. The number of unbranched alkanes of at least 4 members (excludes halogenated alkanes) is 2. The van der Waals surface area contributed by atoms with E-state index in [-0.39, 0.29) is 11.2 Å². The molecular weight excluding hydrogens is 382 g/mol. The average Bonchev–Trinajstić information content (AvgIpc) is 2.98. The number of nitrogens with zero attached hydrogens (tertiary/aromatic N) is 3. The summed E-state index contributed by atoms with van der Waals surface area (Å²) in [5.74, 6) is 0. The molecule has 2 heterocycles. The smallest absolute Gasteiger partial charge is 0.330 e. The molecule has 1 aromatic carbocycles. The second-order valence-corrected chi connectivity index (χ2v) is 7.27. The van der Waals surface area contributed by atoms with Crippen molar-refractivity contribution in [1.29, 1.82) is 0 Å². The first kappa shape index (κ1) is 17.7. The van der Waals surface area contributed by atoms with E-state index >= 15 is 0 Å². The van der Waals surface area contributed by atoms with Gasteiger partial charge in [-0.3, -0.25) is 13.9 Å². The Labute approximate surface area is 154 Å². The first-order chi connectivity index (χ1) is 12.0. The van der Waals surface area contributed by atoms with Gasteiger partial charge in [-0.05, 0) is 18.6 Å². The van der Waals surface area contributed by atoms with Gasteiger partial charge >= 0.3 is 5.69 Å². The van der Waals surface area contributed by atoms with Crippen molar-refractivity contribution in [2.75, 3.05) is 0 Å². The van der Waals surface area contributed by atoms with Gasteiger partial charge in [0, 0.05) is 36.9 Å². The highest BCUT2D eigenvalue weighted by Gasteiger charge is 2.19. The predicted molar refractivity (Wildman–Crippen MR) is 105 cm³/mol. The monoisotopic (exact) mass is 403 g/mol. The minimum Gasteiger partial charge on any atom is -0.345 e. The SMILES string of the molecule is CCCCCn1cc2c(c1-c1cccc(Br)c1)c(=O)n(C)c(=O)n2C. The molecule has 0 atom stereocenters. The second kappa shape index (κ2) is 7.04. The van der Waals surface area contributed by atoms with E-state index in [0.717, 1.165) is 41.5 Å². The molecule has 2 aromatic heterocycles. The van der Waals surface area contributed by atoms with E-state index in [2.05, 4.69) is 27.4 Å². The average molecular weight is 404 g/mol. The number of fused-ring (bicyclic) bond motifs is 1. The molecule has 0 N–H and O–H groups in total. The minimum absolute atomic E-state index is 0.248. The Morgan fingerprint density at radius 3 is 2.52 bits per heavy atom.